The second-order valence-electron chi connectivity index (χ2n) is 4.84. The molecule has 0 radical (unpaired) electrons. The number of hydrogen-bond donors (Lipinski definition) is 2. The van der Waals surface area contributed by atoms with Crippen LogP contribution in [0.3, 0.4) is 0 Å². The second-order valence-corrected chi connectivity index (χ2v) is 4.84. The number of hydrogen-bond acceptors (Lipinski definition) is 4. The molecule has 0 aromatic heterocycles. The summed E-state index contributed by atoms with van der Waals surface area (Å²) in [6.45, 7) is 2.31. The van der Waals surface area contributed by atoms with E-state index in [1.807, 2.05) is 24.3 Å². The number of piperidine rings is 1. The molecule has 0 spiro atoms. The molecule has 1 aromatic rings. The Labute approximate surface area is 131 Å². The molecule has 0 unspecified atom stereocenters. The molecule has 118 valence electrons. The Bertz CT molecular complexity index is 437. The Morgan fingerprint density at radius 2 is 1.95 bits per heavy atom. The van der Waals surface area contributed by atoms with Crippen molar-refractivity contribution < 1.29 is 14.3 Å². The second kappa shape index (κ2) is 9.47. The average molecular weight is 315 g/mol. The Hall–Kier alpha value is -1.46. The fraction of sp³-hybridized carbons (Fsp3) is 0.533. The van der Waals surface area contributed by atoms with Gasteiger partial charge in [-0.25, -0.2) is 0 Å². The highest BCUT2D eigenvalue weighted by molar-refractivity contribution is 5.85. The fourth-order valence-electron chi connectivity index (χ4n) is 2.26. The molecule has 1 heterocycles. The molecule has 1 fully saturated rings. The normalized spacial score (nSPS) is 14.9. The number of ether oxygens (including phenoxy) is 2. The lowest BCUT2D eigenvalue weighted by atomic mass is 10.1. The fourth-order valence-corrected chi connectivity index (χ4v) is 2.26. The summed E-state index contributed by atoms with van der Waals surface area (Å²) in [6.07, 6.45) is 2.36. The van der Waals surface area contributed by atoms with Crippen molar-refractivity contribution >= 4 is 18.3 Å². The summed E-state index contributed by atoms with van der Waals surface area (Å²) in [5.74, 6) is 1.41. The van der Waals surface area contributed by atoms with Crippen molar-refractivity contribution in [2.75, 3.05) is 26.8 Å². The quantitative estimate of drug-likeness (QED) is 0.840. The van der Waals surface area contributed by atoms with Gasteiger partial charge in [-0.3, -0.25) is 4.79 Å². The summed E-state index contributed by atoms with van der Waals surface area (Å²) in [7, 11) is 1.60. The molecule has 0 atom stereocenters. The molecular formula is C15H23ClN2O3. The van der Waals surface area contributed by atoms with Crippen molar-refractivity contribution in [2.45, 2.75) is 25.3 Å². The minimum atomic E-state index is 0. The van der Waals surface area contributed by atoms with Crippen LogP contribution in [0.5, 0.6) is 11.5 Å². The van der Waals surface area contributed by atoms with E-state index in [-0.39, 0.29) is 18.3 Å². The van der Waals surface area contributed by atoms with Gasteiger partial charge in [0.15, 0.2) is 11.5 Å². The van der Waals surface area contributed by atoms with Crippen LogP contribution in [-0.2, 0) is 4.79 Å². The van der Waals surface area contributed by atoms with Gasteiger partial charge in [0.2, 0.25) is 5.91 Å². The molecular weight excluding hydrogens is 292 g/mol. The topological polar surface area (TPSA) is 59.6 Å². The summed E-state index contributed by atoms with van der Waals surface area (Å²) in [5, 5.41) is 6.32. The van der Waals surface area contributed by atoms with Crippen LogP contribution in [0.25, 0.3) is 0 Å². The minimum absolute atomic E-state index is 0. The molecule has 0 bridgehead atoms. The third kappa shape index (κ3) is 5.81. The van der Waals surface area contributed by atoms with Crippen molar-refractivity contribution in [3.8, 4) is 11.5 Å². The van der Waals surface area contributed by atoms with E-state index in [0.717, 1.165) is 25.9 Å². The number of methoxy groups -OCH3 is 1. The van der Waals surface area contributed by atoms with Gasteiger partial charge < -0.3 is 20.1 Å². The highest BCUT2D eigenvalue weighted by Gasteiger charge is 2.15. The van der Waals surface area contributed by atoms with Gasteiger partial charge in [-0.05, 0) is 38.1 Å². The van der Waals surface area contributed by atoms with Crippen molar-refractivity contribution in [2.24, 2.45) is 0 Å². The van der Waals surface area contributed by atoms with Crippen LogP contribution >= 0.6 is 12.4 Å². The number of nitrogens with one attached hydrogen (secondary N) is 2. The van der Waals surface area contributed by atoms with Crippen LogP contribution in [0, 0.1) is 0 Å². The predicted octanol–water partition coefficient (Wildman–Crippen LogP) is 1.75. The Balaban J connectivity index is 0.00000220. The van der Waals surface area contributed by atoms with Crippen LogP contribution in [0.4, 0.5) is 0 Å². The number of halogens is 1. The summed E-state index contributed by atoms with van der Waals surface area (Å²) >= 11 is 0. The van der Waals surface area contributed by atoms with E-state index >= 15 is 0 Å². The molecule has 1 aliphatic heterocycles. The zero-order chi connectivity index (χ0) is 14.2. The molecule has 6 heteroatoms. The van der Waals surface area contributed by atoms with Crippen LogP contribution in [-0.4, -0.2) is 38.8 Å². The van der Waals surface area contributed by atoms with Gasteiger partial charge in [0.05, 0.1) is 20.1 Å². The van der Waals surface area contributed by atoms with Crippen molar-refractivity contribution in [1.29, 1.82) is 0 Å². The number of rotatable bonds is 6. The van der Waals surface area contributed by atoms with Gasteiger partial charge in [0.25, 0.3) is 0 Å². The zero-order valence-electron chi connectivity index (χ0n) is 12.3. The van der Waals surface area contributed by atoms with Crippen molar-refractivity contribution in [3.63, 3.8) is 0 Å². The first-order valence-electron chi connectivity index (χ1n) is 7.05. The number of para-hydroxylation sites is 2. The van der Waals surface area contributed by atoms with E-state index in [4.69, 9.17) is 9.47 Å². The van der Waals surface area contributed by atoms with E-state index in [1.165, 1.54) is 0 Å². The van der Waals surface area contributed by atoms with Gasteiger partial charge in [0.1, 0.15) is 0 Å². The Kier molecular flexibility index (Phi) is 7.93. The van der Waals surface area contributed by atoms with Gasteiger partial charge in [-0.2, -0.15) is 0 Å². The maximum absolute atomic E-state index is 11.8. The highest BCUT2D eigenvalue weighted by Crippen LogP contribution is 2.25. The lowest BCUT2D eigenvalue weighted by Gasteiger charge is -2.23. The van der Waals surface area contributed by atoms with Crippen LogP contribution in [0.1, 0.15) is 19.3 Å². The lowest BCUT2D eigenvalue weighted by Crippen LogP contribution is -2.43. The van der Waals surface area contributed by atoms with E-state index in [2.05, 4.69) is 10.6 Å². The van der Waals surface area contributed by atoms with Crippen molar-refractivity contribution in [3.05, 3.63) is 24.3 Å². The Morgan fingerprint density at radius 1 is 1.29 bits per heavy atom. The summed E-state index contributed by atoms with van der Waals surface area (Å²) in [6, 6.07) is 7.74. The third-order valence-corrected chi connectivity index (χ3v) is 3.36. The molecule has 1 aromatic carbocycles. The van der Waals surface area contributed by atoms with Gasteiger partial charge >= 0.3 is 0 Å². The molecule has 2 N–H and O–H groups in total. The molecule has 1 saturated heterocycles. The van der Waals surface area contributed by atoms with Crippen LogP contribution < -0.4 is 20.1 Å². The Morgan fingerprint density at radius 3 is 2.62 bits per heavy atom. The smallest absolute Gasteiger partial charge is 0.223 e. The molecule has 0 saturated carbocycles. The molecule has 1 aliphatic rings. The van der Waals surface area contributed by atoms with Crippen LogP contribution in [0.2, 0.25) is 0 Å². The molecule has 0 aliphatic carbocycles. The molecule has 1 amide bonds. The number of carbonyl (C=O) groups is 1. The first-order valence-corrected chi connectivity index (χ1v) is 7.05. The zero-order valence-corrected chi connectivity index (χ0v) is 13.1. The van der Waals surface area contributed by atoms with E-state index in [1.54, 1.807) is 7.11 Å². The lowest BCUT2D eigenvalue weighted by molar-refractivity contribution is -0.122. The maximum atomic E-state index is 11.8. The molecule has 21 heavy (non-hydrogen) atoms. The average Bonchev–Trinajstić information content (AvgIpc) is 2.49. The van der Waals surface area contributed by atoms with Gasteiger partial charge in [-0.1, -0.05) is 12.1 Å². The van der Waals surface area contributed by atoms with Gasteiger partial charge in [0, 0.05) is 6.04 Å². The largest absolute Gasteiger partial charge is 0.493 e. The highest BCUT2D eigenvalue weighted by atomic mass is 35.5. The summed E-state index contributed by atoms with van der Waals surface area (Å²) in [4.78, 5) is 11.8. The number of benzene rings is 1. The monoisotopic (exact) mass is 314 g/mol. The summed E-state index contributed by atoms with van der Waals surface area (Å²) < 4.78 is 10.8. The standard InChI is InChI=1S/C15H22N2O3.ClH/c1-19-13-4-2-3-5-14(13)20-11-8-15(18)17-12-6-9-16-10-7-12;/h2-5,12,16H,6-11H2,1H3,(H,17,18);1H. The predicted molar refractivity (Wildman–Crippen MR) is 84.4 cm³/mol. The molecule has 5 nitrogen and oxygen atoms in total. The third-order valence-electron chi connectivity index (χ3n) is 3.36. The first-order chi connectivity index (χ1) is 9.79. The molecule has 2 rings (SSSR count). The number of amides is 1. The van der Waals surface area contributed by atoms with Crippen molar-refractivity contribution in [1.82, 2.24) is 10.6 Å². The minimum Gasteiger partial charge on any atom is -0.493 e. The summed E-state index contributed by atoms with van der Waals surface area (Å²) in [5.41, 5.74) is 0. The van der Waals surface area contributed by atoms with Gasteiger partial charge in [-0.15, -0.1) is 12.4 Å². The van der Waals surface area contributed by atoms with Crippen LogP contribution in [0.15, 0.2) is 24.3 Å². The van der Waals surface area contributed by atoms with E-state index < -0.39 is 0 Å². The number of carbonyl (C=O) groups excluding carboxylic acids is 1. The SMILES string of the molecule is COc1ccccc1OCCC(=O)NC1CCNCC1.Cl. The van der Waals surface area contributed by atoms with E-state index in [9.17, 15) is 4.79 Å². The first kappa shape index (κ1) is 17.6. The maximum Gasteiger partial charge on any atom is 0.223 e. The van der Waals surface area contributed by atoms with E-state index in [0.29, 0.717) is 30.6 Å².